The number of nitrogens with zero attached hydrogens (tertiary/aromatic N) is 1. The van der Waals surface area contributed by atoms with Gasteiger partial charge in [0.05, 0.1) is 0 Å². The number of carbonyl (C=O) groups excluding carboxylic acids is 2. The highest BCUT2D eigenvalue weighted by Gasteiger charge is 2.03. The SMILES string of the molecule is CC(=O)Nc1cccc(NC(=O)CCNCCCN(C)C)c1. The van der Waals surface area contributed by atoms with Crippen LogP contribution >= 0.6 is 0 Å². The Balaban J connectivity index is 2.26. The summed E-state index contributed by atoms with van der Waals surface area (Å²) >= 11 is 0. The Morgan fingerprint density at radius 3 is 2.41 bits per heavy atom. The molecule has 0 saturated carbocycles. The predicted octanol–water partition coefficient (Wildman–Crippen LogP) is 1.51. The molecule has 0 spiro atoms. The maximum absolute atomic E-state index is 11.8. The van der Waals surface area contributed by atoms with Gasteiger partial charge in [-0.1, -0.05) is 6.07 Å². The van der Waals surface area contributed by atoms with Gasteiger partial charge in [0.25, 0.3) is 0 Å². The molecule has 1 aromatic carbocycles. The highest BCUT2D eigenvalue weighted by atomic mass is 16.2. The minimum Gasteiger partial charge on any atom is -0.326 e. The fourth-order valence-electron chi connectivity index (χ4n) is 1.95. The molecule has 0 saturated heterocycles. The molecule has 1 aromatic rings. The van der Waals surface area contributed by atoms with Crippen LogP contribution in [0.25, 0.3) is 0 Å². The van der Waals surface area contributed by atoms with Gasteiger partial charge in [-0.25, -0.2) is 0 Å². The number of hydrogen-bond donors (Lipinski definition) is 3. The average molecular weight is 306 g/mol. The fourth-order valence-corrected chi connectivity index (χ4v) is 1.95. The lowest BCUT2D eigenvalue weighted by molar-refractivity contribution is -0.116. The van der Waals surface area contributed by atoms with Crippen LogP contribution in [0, 0.1) is 0 Å². The van der Waals surface area contributed by atoms with Crippen LogP contribution in [0.3, 0.4) is 0 Å². The third kappa shape index (κ3) is 8.39. The summed E-state index contributed by atoms with van der Waals surface area (Å²) in [6.07, 6.45) is 1.49. The van der Waals surface area contributed by atoms with Crippen molar-refractivity contribution in [1.82, 2.24) is 10.2 Å². The lowest BCUT2D eigenvalue weighted by Crippen LogP contribution is -2.25. The third-order valence-electron chi connectivity index (χ3n) is 2.95. The molecule has 0 atom stereocenters. The maximum atomic E-state index is 11.8. The zero-order chi connectivity index (χ0) is 16.4. The van der Waals surface area contributed by atoms with Gasteiger partial charge >= 0.3 is 0 Å². The molecule has 0 unspecified atom stereocenters. The minimum atomic E-state index is -0.134. The van der Waals surface area contributed by atoms with Crippen LogP contribution in [0.2, 0.25) is 0 Å². The lowest BCUT2D eigenvalue weighted by atomic mass is 10.2. The second kappa shape index (κ2) is 9.92. The zero-order valence-corrected chi connectivity index (χ0v) is 13.6. The van der Waals surface area contributed by atoms with E-state index in [1.807, 2.05) is 14.1 Å². The van der Waals surface area contributed by atoms with Gasteiger partial charge < -0.3 is 20.9 Å². The summed E-state index contributed by atoms with van der Waals surface area (Å²) in [5.74, 6) is -0.175. The molecule has 1 rings (SSSR count). The number of rotatable bonds is 9. The third-order valence-corrected chi connectivity index (χ3v) is 2.95. The van der Waals surface area contributed by atoms with E-state index in [-0.39, 0.29) is 11.8 Å². The highest BCUT2D eigenvalue weighted by molar-refractivity contribution is 5.93. The minimum absolute atomic E-state index is 0.0416. The van der Waals surface area contributed by atoms with Crippen molar-refractivity contribution >= 4 is 23.2 Å². The van der Waals surface area contributed by atoms with Crippen LogP contribution < -0.4 is 16.0 Å². The quantitative estimate of drug-likeness (QED) is 0.605. The Morgan fingerprint density at radius 1 is 1.09 bits per heavy atom. The molecule has 0 bridgehead atoms. The molecule has 122 valence electrons. The van der Waals surface area contributed by atoms with E-state index in [0.29, 0.717) is 24.3 Å². The molecule has 3 N–H and O–H groups in total. The molecular formula is C16H26N4O2. The van der Waals surface area contributed by atoms with Crippen LogP contribution in [0.15, 0.2) is 24.3 Å². The molecule has 0 aromatic heterocycles. The van der Waals surface area contributed by atoms with E-state index in [0.717, 1.165) is 19.5 Å². The standard InChI is InChI=1S/C16H26N4O2/c1-13(21)18-14-6-4-7-15(12-14)19-16(22)8-10-17-9-5-11-20(2)3/h4,6-7,12,17H,5,8-11H2,1-3H3,(H,18,21)(H,19,22). The summed E-state index contributed by atoms with van der Waals surface area (Å²) < 4.78 is 0. The zero-order valence-electron chi connectivity index (χ0n) is 13.6. The van der Waals surface area contributed by atoms with Crippen molar-refractivity contribution in [2.75, 3.05) is 44.4 Å². The Bertz CT molecular complexity index is 489. The van der Waals surface area contributed by atoms with Gasteiger partial charge in [0, 0.05) is 31.3 Å². The first-order valence-electron chi connectivity index (χ1n) is 7.50. The molecule has 0 heterocycles. The van der Waals surface area contributed by atoms with E-state index >= 15 is 0 Å². The smallest absolute Gasteiger partial charge is 0.225 e. The molecule has 0 aliphatic carbocycles. The largest absolute Gasteiger partial charge is 0.326 e. The number of anilines is 2. The maximum Gasteiger partial charge on any atom is 0.225 e. The first kappa shape index (κ1) is 18.1. The first-order valence-corrected chi connectivity index (χ1v) is 7.50. The van der Waals surface area contributed by atoms with E-state index in [9.17, 15) is 9.59 Å². The van der Waals surface area contributed by atoms with Gasteiger partial charge in [0.1, 0.15) is 0 Å². The highest BCUT2D eigenvalue weighted by Crippen LogP contribution is 2.15. The van der Waals surface area contributed by atoms with Crippen LogP contribution in [-0.4, -0.2) is 50.4 Å². The average Bonchev–Trinajstić information content (AvgIpc) is 2.42. The topological polar surface area (TPSA) is 73.5 Å². The summed E-state index contributed by atoms with van der Waals surface area (Å²) in [6.45, 7) is 4.05. The van der Waals surface area contributed by atoms with Gasteiger partial charge in [-0.15, -0.1) is 0 Å². The van der Waals surface area contributed by atoms with Crippen LogP contribution in [-0.2, 0) is 9.59 Å². The van der Waals surface area contributed by atoms with E-state index in [1.165, 1.54) is 6.92 Å². The Morgan fingerprint density at radius 2 is 1.77 bits per heavy atom. The summed E-state index contributed by atoms with van der Waals surface area (Å²) in [6, 6.07) is 7.11. The van der Waals surface area contributed by atoms with Crippen molar-refractivity contribution in [3.8, 4) is 0 Å². The van der Waals surface area contributed by atoms with Crippen molar-refractivity contribution < 1.29 is 9.59 Å². The van der Waals surface area contributed by atoms with Gasteiger partial charge in [-0.3, -0.25) is 9.59 Å². The summed E-state index contributed by atoms with van der Waals surface area (Å²) in [7, 11) is 4.09. The molecule has 2 amide bonds. The van der Waals surface area contributed by atoms with Gasteiger partial charge in [-0.2, -0.15) is 0 Å². The fraction of sp³-hybridized carbons (Fsp3) is 0.500. The Kier molecular flexibility index (Phi) is 8.17. The monoisotopic (exact) mass is 306 g/mol. The normalized spacial score (nSPS) is 10.5. The number of nitrogens with one attached hydrogen (secondary N) is 3. The van der Waals surface area contributed by atoms with Gasteiger partial charge in [-0.05, 0) is 51.8 Å². The number of carbonyl (C=O) groups is 2. The van der Waals surface area contributed by atoms with E-state index in [1.54, 1.807) is 24.3 Å². The number of amides is 2. The Hall–Kier alpha value is -1.92. The van der Waals surface area contributed by atoms with Crippen molar-refractivity contribution in [1.29, 1.82) is 0 Å². The molecule has 0 aliphatic heterocycles. The van der Waals surface area contributed by atoms with Crippen molar-refractivity contribution in [2.24, 2.45) is 0 Å². The second-order valence-electron chi connectivity index (χ2n) is 5.47. The number of benzene rings is 1. The molecule has 6 nitrogen and oxygen atoms in total. The lowest BCUT2D eigenvalue weighted by Gasteiger charge is -2.10. The van der Waals surface area contributed by atoms with E-state index < -0.39 is 0 Å². The Labute approximate surface area is 132 Å². The second-order valence-corrected chi connectivity index (χ2v) is 5.47. The summed E-state index contributed by atoms with van der Waals surface area (Å²) in [5.41, 5.74) is 1.36. The molecule has 0 aliphatic rings. The molecule has 0 radical (unpaired) electrons. The molecular weight excluding hydrogens is 280 g/mol. The van der Waals surface area contributed by atoms with Crippen LogP contribution in [0.1, 0.15) is 19.8 Å². The first-order chi connectivity index (χ1) is 10.5. The molecule has 6 heteroatoms. The van der Waals surface area contributed by atoms with Gasteiger partial charge in [0.15, 0.2) is 0 Å². The summed E-state index contributed by atoms with van der Waals surface area (Å²) in [4.78, 5) is 25.0. The van der Waals surface area contributed by atoms with Crippen molar-refractivity contribution in [2.45, 2.75) is 19.8 Å². The predicted molar refractivity (Wildman–Crippen MR) is 90.0 cm³/mol. The van der Waals surface area contributed by atoms with Crippen LogP contribution in [0.5, 0.6) is 0 Å². The summed E-state index contributed by atoms with van der Waals surface area (Å²) in [5, 5.41) is 8.76. The van der Waals surface area contributed by atoms with Crippen molar-refractivity contribution in [3.05, 3.63) is 24.3 Å². The van der Waals surface area contributed by atoms with E-state index in [2.05, 4.69) is 20.9 Å². The molecule has 22 heavy (non-hydrogen) atoms. The number of hydrogen-bond acceptors (Lipinski definition) is 4. The molecule has 0 fully saturated rings. The van der Waals surface area contributed by atoms with Crippen LogP contribution in [0.4, 0.5) is 11.4 Å². The van der Waals surface area contributed by atoms with Crippen molar-refractivity contribution in [3.63, 3.8) is 0 Å². The van der Waals surface area contributed by atoms with Gasteiger partial charge in [0.2, 0.25) is 11.8 Å². The van der Waals surface area contributed by atoms with E-state index in [4.69, 9.17) is 0 Å².